The minimum absolute atomic E-state index is 0.00514. The smallest absolute Gasteiger partial charge is 0.407 e. The summed E-state index contributed by atoms with van der Waals surface area (Å²) in [4.78, 5) is 78.2. The van der Waals surface area contributed by atoms with E-state index in [4.69, 9.17) is 19.4 Å². The van der Waals surface area contributed by atoms with Crippen molar-refractivity contribution in [1.82, 2.24) is 40.4 Å². The van der Waals surface area contributed by atoms with E-state index in [1.165, 1.54) is 30.9 Å². The number of anilines is 1. The molecule has 71 heavy (non-hydrogen) atoms. The highest BCUT2D eigenvalue weighted by Gasteiger charge is 2.51. The number of ether oxygens (including phenoxy) is 2. The SMILES string of the molecule is COC(=O)N[C@H](C(=O)N1C(c2nc3cc([C@H]4CC[C@H](c5ccc6[nH]c([C@@H]7C[C@@H]8CCC[C@@H]8N7C(=O)[C@@H](NC(=O)OC)C(C)C)nc6c5)N4c4ccc(C(C)(C)C)cc4)ccc3[nH]2)C[C@@H]2CCC[C@@H]21)C(C)C. The van der Waals surface area contributed by atoms with Crippen molar-refractivity contribution in [2.24, 2.45) is 23.7 Å². The predicted molar refractivity (Wildman–Crippen MR) is 274 cm³/mol. The van der Waals surface area contributed by atoms with Crippen LogP contribution in [0.3, 0.4) is 0 Å². The van der Waals surface area contributed by atoms with Gasteiger partial charge < -0.3 is 44.8 Å². The van der Waals surface area contributed by atoms with Crippen LogP contribution in [0.4, 0.5) is 15.3 Å². The molecule has 4 N–H and O–H groups in total. The van der Waals surface area contributed by atoms with E-state index in [1.807, 2.05) is 37.5 Å². The number of likely N-dealkylation sites (tertiary alicyclic amines) is 2. The number of benzene rings is 3. The van der Waals surface area contributed by atoms with E-state index in [0.717, 1.165) is 104 Å². The second-order valence-electron chi connectivity index (χ2n) is 22.8. The van der Waals surface area contributed by atoms with E-state index in [2.05, 4.69) is 107 Å². The summed E-state index contributed by atoms with van der Waals surface area (Å²) in [5.74, 6) is 1.95. The van der Waals surface area contributed by atoms with Crippen LogP contribution in [0, 0.1) is 23.7 Å². The number of carbonyl (C=O) groups is 4. The first-order valence-corrected chi connectivity index (χ1v) is 26.2. The van der Waals surface area contributed by atoms with Gasteiger partial charge in [0, 0.05) is 17.8 Å². The van der Waals surface area contributed by atoms with Crippen molar-refractivity contribution in [1.29, 1.82) is 0 Å². The molecule has 5 heterocycles. The Hall–Kier alpha value is -6.12. The van der Waals surface area contributed by atoms with Gasteiger partial charge in [0.25, 0.3) is 0 Å². The molecule has 5 aromatic rings. The topological polar surface area (TPSA) is 178 Å². The molecule has 3 aliphatic heterocycles. The number of imidazole rings is 2. The van der Waals surface area contributed by atoms with E-state index in [0.29, 0.717) is 11.8 Å². The third-order valence-corrected chi connectivity index (χ3v) is 16.8. The minimum Gasteiger partial charge on any atom is -0.453 e. The lowest BCUT2D eigenvalue weighted by Gasteiger charge is -2.34. The monoisotopic (exact) mass is 968 g/mol. The highest BCUT2D eigenvalue weighted by Crippen LogP contribution is 2.51. The molecule has 3 aromatic carbocycles. The van der Waals surface area contributed by atoms with Crippen molar-refractivity contribution in [3.8, 4) is 0 Å². The van der Waals surface area contributed by atoms with Crippen molar-refractivity contribution in [3.05, 3.63) is 89.0 Å². The maximum absolute atomic E-state index is 14.5. The lowest BCUT2D eigenvalue weighted by Crippen LogP contribution is -2.53. The molecule has 378 valence electrons. The number of carbonyl (C=O) groups excluding carboxylic acids is 4. The van der Waals surface area contributed by atoms with Gasteiger partial charge in [-0.25, -0.2) is 19.6 Å². The Kier molecular flexibility index (Phi) is 13.1. The molecule has 2 aliphatic carbocycles. The number of hydrogen-bond acceptors (Lipinski definition) is 9. The number of rotatable bonds is 11. The third-order valence-electron chi connectivity index (χ3n) is 16.8. The Balaban J connectivity index is 0.963. The van der Waals surface area contributed by atoms with Crippen LogP contribution in [0.25, 0.3) is 22.1 Å². The lowest BCUT2D eigenvalue weighted by atomic mass is 9.87. The average molecular weight is 968 g/mol. The van der Waals surface area contributed by atoms with Gasteiger partial charge in [0.15, 0.2) is 0 Å². The number of fused-ring (bicyclic) bond motifs is 4. The van der Waals surface area contributed by atoms with E-state index in [-0.39, 0.29) is 65.3 Å². The highest BCUT2D eigenvalue weighted by atomic mass is 16.5. The van der Waals surface area contributed by atoms with Crippen molar-refractivity contribution in [3.63, 3.8) is 0 Å². The van der Waals surface area contributed by atoms with Gasteiger partial charge in [-0.2, -0.15) is 0 Å². The summed E-state index contributed by atoms with van der Waals surface area (Å²) < 4.78 is 9.86. The molecule has 0 radical (unpaired) electrons. The molecular formula is C56H73N9O6. The van der Waals surface area contributed by atoms with Crippen LogP contribution < -0.4 is 15.5 Å². The van der Waals surface area contributed by atoms with Crippen LogP contribution in [0.1, 0.15) is 165 Å². The highest BCUT2D eigenvalue weighted by molar-refractivity contribution is 5.88. The lowest BCUT2D eigenvalue weighted by molar-refractivity contribution is -0.138. The van der Waals surface area contributed by atoms with Gasteiger partial charge in [0.2, 0.25) is 11.8 Å². The Bertz CT molecular complexity index is 2630. The Morgan fingerprint density at radius 3 is 1.44 bits per heavy atom. The van der Waals surface area contributed by atoms with Gasteiger partial charge in [0.05, 0.1) is 60.5 Å². The number of aromatic amines is 2. The van der Waals surface area contributed by atoms with E-state index >= 15 is 0 Å². The van der Waals surface area contributed by atoms with Crippen LogP contribution in [-0.2, 0) is 24.5 Å². The summed E-state index contributed by atoms with van der Waals surface area (Å²) in [7, 11) is 2.65. The molecule has 2 aromatic heterocycles. The number of nitrogens with zero attached hydrogens (tertiary/aromatic N) is 5. The number of aromatic nitrogens is 4. The van der Waals surface area contributed by atoms with E-state index < -0.39 is 24.3 Å². The minimum atomic E-state index is -0.705. The molecule has 10 atom stereocenters. The van der Waals surface area contributed by atoms with Crippen LogP contribution in [0.2, 0.25) is 0 Å². The van der Waals surface area contributed by atoms with Gasteiger partial charge in [0.1, 0.15) is 23.7 Å². The van der Waals surface area contributed by atoms with Crippen LogP contribution in [0.5, 0.6) is 0 Å². The zero-order valence-electron chi connectivity index (χ0n) is 43.0. The Morgan fingerprint density at radius 2 is 1.04 bits per heavy atom. The first kappa shape index (κ1) is 48.5. The fourth-order valence-electron chi connectivity index (χ4n) is 13.2. The Morgan fingerprint density at radius 1 is 0.606 bits per heavy atom. The van der Waals surface area contributed by atoms with Gasteiger partial charge >= 0.3 is 12.2 Å². The largest absolute Gasteiger partial charge is 0.453 e. The molecule has 3 saturated heterocycles. The second-order valence-corrected chi connectivity index (χ2v) is 22.8. The number of amides is 4. The number of nitrogens with one attached hydrogen (secondary N) is 4. The molecule has 0 spiro atoms. The van der Waals surface area contributed by atoms with Crippen molar-refractivity contribution >= 4 is 51.8 Å². The van der Waals surface area contributed by atoms with Crippen LogP contribution in [-0.4, -0.2) is 92.1 Å². The normalized spacial score (nSPS) is 26.1. The number of hydrogen-bond donors (Lipinski definition) is 4. The van der Waals surface area contributed by atoms with Gasteiger partial charge in [-0.05, 0) is 134 Å². The molecule has 5 fully saturated rings. The first-order chi connectivity index (χ1) is 34.0. The standard InChI is InChI=1S/C56H73N9O6/c1-30(2)48(61-54(68)70-8)52(66)64-42-14-10-12-32(42)28-46(64)50-57-38-22-16-34(26-40(38)59-50)44-24-25-45(63(44)37-20-18-36(19-21-37)56(5,6)7)35-17-23-39-41(27-35)60-51(58-39)47-29-33-13-11-15-43(33)65(47)53(67)49(31(3)4)62-55(69)71-9/h16-23,26-27,30-33,42-49H,10-15,24-25,28-29H2,1-9H3,(H,57,59)(H,58,60)(H,61,68)(H,62,69)/t32-,33-,42-,43-,44+,45+,46-,47?,48-,49-/m0/s1. The Labute approximate surface area is 417 Å². The molecule has 10 rings (SSSR count). The first-order valence-electron chi connectivity index (χ1n) is 26.2. The van der Waals surface area contributed by atoms with Crippen LogP contribution in [0.15, 0.2) is 60.7 Å². The average Bonchev–Trinajstić information content (AvgIpc) is 4.21. The fraction of sp³-hybridized carbons (Fsp3) is 0.571. The number of H-pyrrole nitrogens is 2. The maximum atomic E-state index is 14.5. The van der Waals surface area contributed by atoms with Gasteiger partial charge in [-0.3, -0.25) is 9.59 Å². The van der Waals surface area contributed by atoms with Crippen molar-refractivity contribution in [2.45, 2.75) is 166 Å². The summed E-state index contributed by atoms with van der Waals surface area (Å²) in [6, 6.07) is 20.7. The van der Waals surface area contributed by atoms with Crippen LogP contribution >= 0.6 is 0 Å². The summed E-state index contributed by atoms with van der Waals surface area (Å²) >= 11 is 0. The molecular weight excluding hydrogens is 895 g/mol. The molecule has 15 heteroatoms. The van der Waals surface area contributed by atoms with Gasteiger partial charge in [-0.15, -0.1) is 0 Å². The zero-order chi connectivity index (χ0) is 50.0. The zero-order valence-corrected chi connectivity index (χ0v) is 43.0. The molecule has 15 nitrogen and oxygen atoms in total. The summed E-state index contributed by atoms with van der Waals surface area (Å²) in [6.45, 7) is 14.6. The molecule has 4 amide bonds. The van der Waals surface area contributed by atoms with Crippen molar-refractivity contribution in [2.75, 3.05) is 19.1 Å². The maximum Gasteiger partial charge on any atom is 0.407 e. The summed E-state index contributed by atoms with van der Waals surface area (Å²) in [6.07, 6.45) is 8.52. The fourth-order valence-corrected chi connectivity index (χ4v) is 13.2. The molecule has 0 bridgehead atoms. The molecule has 2 saturated carbocycles. The summed E-state index contributed by atoms with van der Waals surface area (Å²) in [5, 5.41) is 5.66. The molecule has 1 unspecified atom stereocenters. The van der Waals surface area contributed by atoms with E-state index in [9.17, 15) is 19.2 Å². The number of methoxy groups -OCH3 is 2. The third kappa shape index (κ3) is 9.00. The summed E-state index contributed by atoms with van der Waals surface area (Å²) in [5.41, 5.74) is 8.39. The molecule has 5 aliphatic rings. The van der Waals surface area contributed by atoms with Crippen molar-refractivity contribution < 1.29 is 28.7 Å². The second kappa shape index (κ2) is 19.1. The van der Waals surface area contributed by atoms with Gasteiger partial charge in [-0.1, -0.05) is 85.6 Å². The number of alkyl carbamates (subject to hydrolysis) is 2. The quantitative estimate of drug-likeness (QED) is 0.100. The predicted octanol–water partition coefficient (Wildman–Crippen LogP) is 10.5. The van der Waals surface area contributed by atoms with E-state index in [1.54, 1.807) is 0 Å².